The van der Waals surface area contributed by atoms with Gasteiger partial charge in [0.05, 0.1) is 18.7 Å². The normalized spacial score (nSPS) is 11.8. The first kappa shape index (κ1) is 14.8. The SMILES string of the molecule is COc1ccc([C@@H](C)NC(=O)c2cc(F)ccc2N)cc1. The van der Waals surface area contributed by atoms with Crippen LogP contribution in [0.5, 0.6) is 5.75 Å². The molecule has 5 heteroatoms. The van der Waals surface area contributed by atoms with Gasteiger partial charge in [-0.3, -0.25) is 4.79 Å². The third-order valence-corrected chi connectivity index (χ3v) is 3.22. The number of benzene rings is 2. The zero-order valence-electron chi connectivity index (χ0n) is 11.9. The van der Waals surface area contributed by atoms with Crippen molar-refractivity contribution in [3.63, 3.8) is 0 Å². The molecule has 4 nitrogen and oxygen atoms in total. The molecule has 110 valence electrons. The van der Waals surface area contributed by atoms with E-state index in [0.29, 0.717) is 0 Å². The van der Waals surface area contributed by atoms with Crippen LogP contribution in [0.15, 0.2) is 42.5 Å². The summed E-state index contributed by atoms with van der Waals surface area (Å²) in [6, 6.07) is 10.8. The predicted octanol–water partition coefficient (Wildman–Crippen LogP) is 2.91. The number of carbonyl (C=O) groups is 1. The van der Waals surface area contributed by atoms with Crippen LogP contribution in [-0.4, -0.2) is 13.0 Å². The van der Waals surface area contributed by atoms with Gasteiger partial charge < -0.3 is 15.8 Å². The third kappa shape index (κ3) is 3.51. The molecule has 0 heterocycles. The summed E-state index contributed by atoms with van der Waals surface area (Å²) in [4.78, 5) is 12.1. The fourth-order valence-electron chi connectivity index (χ4n) is 1.98. The van der Waals surface area contributed by atoms with Gasteiger partial charge in [-0.05, 0) is 42.8 Å². The lowest BCUT2D eigenvalue weighted by atomic mass is 10.1. The second-order valence-electron chi connectivity index (χ2n) is 4.70. The van der Waals surface area contributed by atoms with E-state index in [1.807, 2.05) is 31.2 Å². The molecule has 0 aliphatic carbocycles. The first-order valence-electron chi connectivity index (χ1n) is 6.51. The maximum atomic E-state index is 13.2. The highest BCUT2D eigenvalue weighted by Crippen LogP contribution is 2.19. The van der Waals surface area contributed by atoms with Crippen molar-refractivity contribution < 1.29 is 13.9 Å². The van der Waals surface area contributed by atoms with Crippen molar-refractivity contribution in [3.8, 4) is 5.75 Å². The number of nitrogen functional groups attached to an aromatic ring is 1. The van der Waals surface area contributed by atoms with E-state index in [1.165, 1.54) is 12.1 Å². The number of hydrogen-bond acceptors (Lipinski definition) is 3. The summed E-state index contributed by atoms with van der Waals surface area (Å²) in [5.74, 6) is -0.159. The largest absolute Gasteiger partial charge is 0.497 e. The molecule has 21 heavy (non-hydrogen) atoms. The molecule has 2 aromatic rings. The molecule has 2 aromatic carbocycles. The fourth-order valence-corrected chi connectivity index (χ4v) is 1.98. The fraction of sp³-hybridized carbons (Fsp3) is 0.188. The van der Waals surface area contributed by atoms with Gasteiger partial charge in [0.25, 0.3) is 5.91 Å². The monoisotopic (exact) mass is 288 g/mol. The molecule has 0 aliphatic heterocycles. The van der Waals surface area contributed by atoms with Gasteiger partial charge in [0.2, 0.25) is 0 Å². The highest BCUT2D eigenvalue weighted by atomic mass is 19.1. The van der Waals surface area contributed by atoms with E-state index in [2.05, 4.69) is 5.32 Å². The highest BCUT2D eigenvalue weighted by Gasteiger charge is 2.14. The smallest absolute Gasteiger partial charge is 0.253 e. The number of hydrogen-bond donors (Lipinski definition) is 2. The molecule has 0 fully saturated rings. The van der Waals surface area contributed by atoms with Crippen LogP contribution in [0.4, 0.5) is 10.1 Å². The van der Waals surface area contributed by atoms with Crippen molar-refractivity contribution in [2.24, 2.45) is 0 Å². The van der Waals surface area contributed by atoms with E-state index < -0.39 is 11.7 Å². The topological polar surface area (TPSA) is 64.3 Å². The van der Waals surface area contributed by atoms with Crippen LogP contribution >= 0.6 is 0 Å². The molecule has 3 N–H and O–H groups in total. The minimum Gasteiger partial charge on any atom is -0.497 e. The molecular weight excluding hydrogens is 271 g/mol. The maximum absolute atomic E-state index is 13.2. The second-order valence-corrected chi connectivity index (χ2v) is 4.70. The molecule has 0 saturated heterocycles. The Hall–Kier alpha value is -2.56. The molecule has 0 bridgehead atoms. The van der Waals surface area contributed by atoms with Crippen molar-refractivity contribution in [3.05, 3.63) is 59.4 Å². The molecule has 0 saturated carbocycles. The number of nitrogens with two attached hydrogens (primary N) is 1. The summed E-state index contributed by atoms with van der Waals surface area (Å²) in [6.45, 7) is 1.84. The summed E-state index contributed by atoms with van der Waals surface area (Å²) < 4.78 is 18.3. The molecule has 1 amide bonds. The molecular formula is C16H17FN2O2. The first-order valence-corrected chi connectivity index (χ1v) is 6.51. The predicted molar refractivity (Wildman–Crippen MR) is 79.7 cm³/mol. The van der Waals surface area contributed by atoms with Gasteiger partial charge in [-0.15, -0.1) is 0 Å². The summed E-state index contributed by atoms with van der Waals surface area (Å²) in [7, 11) is 1.59. The molecule has 1 atom stereocenters. The Labute approximate surface area is 122 Å². The van der Waals surface area contributed by atoms with Gasteiger partial charge in [0, 0.05) is 5.69 Å². The van der Waals surface area contributed by atoms with E-state index in [0.717, 1.165) is 17.4 Å². The molecule has 0 spiro atoms. The van der Waals surface area contributed by atoms with Crippen LogP contribution in [0.25, 0.3) is 0 Å². The summed E-state index contributed by atoms with van der Waals surface area (Å²) in [6.07, 6.45) is 0. The Morgan fingerprint density at radius 1 is 1.24 bits per heavy atom. The van der Waals surface area contributed by atoms with Crippen LogP contribution in [0.1, 0.15) is 28.9 Å². The van der Waals surface area contributed by atoms with Crippen LogP contribution in [0.2, 0.25) is 0 Å². The Kier molecular flexibility index (Phi) is 4.42. The zero-order chi connectivity index (χ0) is 15.4. The third-order valence-electron chi connectivity index (χ3n) is 3.22. The lowest BCUT2D eigenvalue weighted by molar-refractivity contribution is 0.0940. The van der Waals surface area contributed by atoms with Crippen molar-refractivity contribution in [2.45, 2.75) is 13.0 Å². The first-order chi connectivity index (χ1) is 10.0. The average Bonchev–Trinajstić information content (AvgIpc) is 2.49. The van der Waals surface area contributed by atoms with E-state index in [9.17, 15) is 9.18 Å². The number of methoxy groups -OCH3 is 1. The van der Waals surface area contributed by atoms with Crippen LogP contribution in [-0.2, 0) is 0 Å². The quantitative estimate of drug-likeness (QED) is 0.850. The van der Waals surface area contributed by atoms with Gasteiger partial charge in [0.1, 0.15) is 11.6 Å². The number of carbonyl (C=O) groups excluding carboxylic acids is 1. The standard InChI is InChI=1S/C16H17FN2O2/c1-10(11-3-6-13(21-2)7-4-11)19-16(20)14-9-12(17)5-8-15(14)18/h3-10H,18H2,1-2H3,(H,19,20)/t10-/m1/s1. The number of halogens is 1. The van der Waals surface area contributed by atoms with Crippen molar-refractivity contribution in [1.29, 1.82) is 0 Å². The van der Waals surface area contributed by atoms with Gasteiger partial charge in [0.15, 0.2) is 0 Å². The molecule has 0 aromatic heterocycles. The average molecular weight is 288 g/mol. The van der Waals surface area contributed by atoms with Gasteiger partial charge in [-0.25, -0.2) is 4.39 Å². The highest BCUT2D eigenvalue weighted by molar-refractivity contribution is 5.99. The summed E-state index contributed by atoms with van der Waals surface area (Å²) >= 11 is 0. The Balaban J connectivity index is 2.12. The molecule has 2 rings (SSSR count). The van der Waals surface area contributed by atoms with Gasteiger partial charge in [-0.2, -0.15) is 0 Å². The molecule has 0 aliphatic rings. The lowest BCUT2D eigenvalue weighted by Crippen LogP contribution is -2.27. The summed E-state index contributed by atoms with van der Waals surface area (Å²) in [5, 5.41) is 2.79. The number of amides is 1. The summed E-state index contributed by atoms with van der Waals surface area (Å²) in [5.41, 5.74) is 7.00. The molecule has 0 unspecified atom stereocenters. The van der Waals surface area contributed by atoms with Crippen LogP contribution in [0.3, 0.4) is 0 Å². The van der Waals surface area contributed by atoms with E-state index in [4.69, 9.17) is 10.5 Å². The number of rotatable bonds is 4. The van der Waals surface area contributed by atoms with Gasteiger partial charge >= 0.3 is 0 Å². The Morgan fingerprint density at radius 3 is 2.52 bits per heavy atom. The lowest BCUT2D eigenvalue weighted by Gasteiger charge is -2.15. The maximum Gasteiger partial charge on any atom is 0.253 e. The van der Waals surface area contributed by atoms with Crippen molar-refractivity contribution >= 4 is 11.6 Å². The number of nitrogens with one attached hydrogen (secondary N) is 1. The van der Waals surface area contributed by atoms with Crippen LogP contribution < -0.4 is 15.8 Å². The van der Waals surface area contributed by atoms with Crippen molar-refractivity contribution in [1.82, 2.24) is 5.32 Å². The zero-order valence-corrected chi connectivity index (χ0v) is 11.9. The van der Waals surface area contributed by atoms with Gasteiger partial charge in [-0.1, -0.05) is 12.1 Å². The van der Waals surface area contributed by atoms with E-state index >= 15 is 0 Å². The number of ether oxygens (including phenoxy) is 1. The minimum absolute atomic E-state index is 0.135. The van der Waals surface area contributed by atoms with E-state index in [-0.39, 0.29) is 17.3 Å². The Bertz CT molecular complexity index is 641. The van der Waals surface area contributed by atoms with Crippen molar-refractivity contribution in [2.75, 3.05) is 12.8 Å². The second kappa shape index (κ2) is 6.26. The van der Waals surface area contributed by atoms with E-state index in [1.54, 1.807) is 7.11 Å². The molecule has 0 radical (unpaired) electrons. The Morgan fingerprint density at radius 2 is 1.90 bits per heavy atom. The van der Waals surface area contributed by atoms with Crippen LogP contribution in [0, 0.1) is 5.82 Å². The minimum atomic E-state index is -0.494. The number of anilines is 1.